The van der Waals surface area contributed by atoms with Crippen LogP contribution in [0.4, 0.5) is 5.69 Å². The first-order valence-electron chi connectivity index (χ1n) is 5.48. The number of thiol groups is 1. The first-order valence-corrected chi connectivity index (χ1v) is 6.00. The van der Waals surface area contributed by atoms with Gasteiger partial charge in [0.15, 0.2) is 0 Å². The Labute approximate surface area is 99.8 Å². The Kier molecular flexibility index (Phi) is 2.32. The Hall–Kier alpha value is -1.16. The quantitative estimate of drug-likeness (QED) is 0.750. The van der Waals surface area contributed by atoms with E-state index in [4.69, 9.17) is 4.74 Å². The fourth-order valence-corrected chi connectivity index (χ4v) is 2.60. The first-order chi connectivity index (χ1) is 7.74. The highest BCUT2D eigenvalue weighted by Gasteiger charge is 2.28. The average Bonchev–Trinajstić information content (AvgIpc) is 2.83. The van der Waals surface area contributed by atoms with Crippen LogP contribution in [0.2, 0.25) is 0 Å². The van der Waals surface area contributed by atoms with Gasteiger partial charge in [-0.05, 0) is 23.8 Å². The maximum atomic E-state index is 11.7. The summed E-state index contributed by atoms with van der Waals surface area (Å²) >= 11 is 4.36. The van der Waals surface area contributed by atoms with E-state index in [1.165, 1.54) is 5.56 Å². The number of rotatable bonds is 1. The maximum Gasteiger partial charge on any atom is 0.228 e. The molecule has 1 amide bonds. The van der Waals surface area contributed by atoms with E-state index in [0.717, 1.165) is 24.5 Å². The van der Waals surface area contributed by atoms with E-state index < -0.39 is 0 Å². The first kappa shape index (κ1) is 10.0. The van der Waals surface area contributed by atoms with Crippen molar-refractivity contribution in [2.45, 2.75) is 18.1 Å². The summed E-state index contributed by atoms with van der Waals surface area (Å²) in [5.74, 6) is 1.12. The molecule has 0 aliphatic carbocycles. The number of benzene rings is 1. The lowest BCUT2D eigenvalue weighted by molar-refractivity contribution is -0.117. The monoisotopic (exact) mass is 235 g/mol. The average molecular weight is 235 g/mol. The number of carbonyl (C=O) groups excluding carboxylic acids is 1. The molecule has 3 nitrogen and oxygen atoms in total. The van der Waals surface area contributed by atoms with Crippen LogP contribution in [0.5, 0.6) is 5.75 Å². The van der Waals surface area contributed by atoms with Gasteiger partial charge in [0.25, 0.3) is 0 Å². The topological polar surface area (TPSA) is 29.5 Å². The predicted octanol–water partition coefficient (Wildman–Crippen LogP) is 1.66. The summed E-state index contributed by atoms with van der Waals surface area (Å²) in [5.41, 5.74) is 2.18. The molecule has 3 rings (SSSR count). The number of fused-ring (bicyclic) bond motifs is 1. The van der Waals surface area contributed by atoms with Gasteiger partial charge in [0, 0.05) is 30.3 Å². The van der Waals surface area contributed by atoms with Gasteiger partial charge in [0.2, 0.25) is 5.91 Å². The van der Waals surface area contributed by atoms with E-state index in [1.54, 1.807) is 0 Å². The van der Waals surface area contributed by atoms with Gasteiger partial charge in [0.05, 0.1) is 6.61 Å². The molecule has 84 valence electrons. The van der Waals surface area contributed by atoms with E-state index in [2.05, 4.69) is 18.7 Å². The summed E-state index contributed by atoms with van der Waals surface area (Å²) in [5, 5.41) is 0.164. The molecule has 0 N–H and O–H groups in total. The predicted molar refractivity (Wildman–Crippen MR) is 65.4 cm³/mol. The normalized spacial score (nSPS) is 23.4. The van der Waals surface area contributed by atoms with E-state index in [0.29, 0.717) is 13.0 Å². The molecule has 16 heavy (non-hydrogen) atoms. The van der Waals surface area contributed by atoms with Crippen molar-refractivity contribution in [3.8, 4) is 5.75 Å². The zero-order chi connectivity index (χ0) is 11.1. The Morgan fingerprint density at radius 2 is 2.31 bits per heavy atom. The summed E-state index contributed by atoms with van der Waals surface area (Å²) in [4.78, 5) is 13.5. The van der Waals surface area contributed by atoms with Crippen molar-refractivity contribution in [2.24, 2.45) is 0 Å². The number of anilines is 1. The van der Waals surface area contributed by atoms with Crippen molar-refractivity contribution in [3.63, 3.8) is 0 Å². The van der Waals surface area contributed by atoms with Crippen LogP contribution in [-0.2, 0) is 11.2 Å². The van der Waals surface area contributed by atoms with Gasteiger partial charge >= 0.3 is 0 Å². The van der Waals surface area contributed by atoms with Crippen molar-refractivity contribution in [3.05, 3.63) is 23.8 Å². The molecule has 2 aliphatic rings. The summed E-state index contributed by atoms with van der Waals surface area (Å²) in [6.45, 7) is 1.46. The third-order valence-electron chi connectivity index (χ3n) is 3.09. The fourth-order valence-electron chi connectivity index (χ4n) is 2.28. The van der Waals surface area contributed by atoms with E-state index >= 15 is 0 Å². The van der Waals surface area contributed by atoms with Crippen molar-refractivity contribution >= 4 is 24.2 Å². The van der Waals surface area contributed by atoms with Gasteiger partial charge in [-0.15, -0.1) is 0 Å². The molecule has 0 spiro atoms. The molecule has 1 fully saturated rings. The Balaban J connectivity index is 1.92. The molecule has 0 radical (unpaired) electrons. The third-order valence-corrected chi connectivity index (χ3v) is 3.44. The number of hydrogen-bond acceptors (Lipinski definition) is 3. The van der Waals surface area contributed by atoms with Gasteiger partial charge in [-0.25, -0.2) is 0 Å². The maximum absolute atomic E-state index is 11.7. The molecular formula is C12H13NO2S. The lowest BCUT2D eigenvalue weighted by Gasteiger charge is -2.16. The highest BCUT2D eigenvalue weighted by atomic mass is 32.1. The second-order valence-corrected chi connectivity index (χ2v) is 4.98. The highest BCUT2D eigenvalue weighted by Crippen LogP contribution is 2.31. The van der Waals surface area contributed by atoms with Crippen molar-refractivity contribution in [2.75, 3.05) is 18.1 Å². The molecular weight excluding hydrogens is 222 g/mol. The van der Waals surface area contributed by atoms with Crippen molar-refractivity contribution < 1.29 is 9.53 Å². The largest absolute Gasteiger partial charge is 0.493 e. The van der Waals surface area contributed by atoms with Crippen LogP contribution >= 0.6 is 12.6 Å². The summed E-state index contributed by atoms with van der Waals surface area (Å²) < 4.78 is 5.45. The lowest BCUT2D eigenvalue weighted by atomic mass is 10.1. The number of ether oxygens (including phenoxy) is 1. The molecule has 2 aliphatic heterocycles. The SMILES string of the molecule is O=C1CC(S)CN1c1ccc2c(c1)CCO2. The third kappa shape index (κ3) is 1.57. The molecule has 1 atom stereocenters. The number of hydrogen-bond donors (Lipinski definition) is 1. The van der Waals surface area contributed by atoms with Crippen molar-refractivity contribution in [1.29, 1.82) is 0 Å². The standard InChI is InChI=1S/C12H13NO2S/c14-12-6-10(16)7-13(12)9-1-2-11-8(5-9)3-4-15-11/h1-2,5,10,16H,3-4,6-7H2. The van der Waals surface area contributed by atoms with Crippen LogP contribution in [0.1, 0.15) is 12.0 Å². The van der Waals surface area contributed by atoms with Gasteiger partial charge < -0.3 is 9.64 Å². The molecule has 4 heteroatoms. The van der Waals surface area contributed by atoms with Gasteiger partial charge in [-0.3, -0.25) is 4.79 Å². The van der Waals surface area contributed by atoms with E-state index in [9.17, 15) is 4.79 Å². The summed E-state index contributed by atoms with van der Waals surface area (Å²) in [7, 11) is 0. The fraction of sp³-hybridized carbons (Fsp3) is 0.417. The molecule has 2 heterocycles. The summed E-state index contributed by atoms with van der Waals surface area (Å²) in [6, 6.07) is 5.97. The molecule has 1 aromatic carbocycles. The van der Waals surface area contributed by atoms with Crippen LogP contribution < -0.4 is 9.64 Å². The summed E-state index contributed by atoms with van der Waals surface area (Å²) in [6.07, 6.45) is 1.48. The van der Waals surface area contributed by atoms with Crippen LogP contribution in [0.3, 0.4) is 0 Å². The Morgan fingerprint density at radius 3 is 3.06 bits per heavy atom. The van der Waals surface area contributed by atoms with Crippen LogP contribution in [0.25, 0.3) is 0 Å². The van der Waals surface area contributed by atoms with Gasteiger partial charge in [-0.2, -0.15) is 12.6 Å². The van der Waals surface area contributed by atoms with E-state index in [1.807, 2.05) is 17.0 Å². The van der Waals surface area contributed by atoms with Crippen molar-refractivity contribution in [1.82, 2.24) is 0 Å². The van der Waals surface area contributed by atoms with Gasteiger partial charge in [0.1, 0.15) is 5.75 Å². The highest BCUT2D eigenvalue weighted by molar-refractivity contribution is 7.81. The Morgan fingerprint density at radius 1 is 1.44 bits per heavy atom. The molecule has 1 unspecified atom stereocenters. The Bertz CT molecular complexity index is 447. The molecule has 0 aromatic heterocycles. The molecule has 0 saturated carbocycles. The molecule has 1 aromatic rings. The minimum Gasteiger partial charge on any atom is -0.493 e. The minimum absolute atomic E-state index is 0.164. The molecule has 1 saturated heterocycles. The van der Waals surface area contributed by atoms with Crippen LogP contribution in [-0.4, -0.2) is 24.3 Å². The number of amides is 1. The zero-order valence-corrected chi connectivity index (χ0v) is 9.74. The minimum atomic E-state index is 0.164. The lowest BCUT2D eigenvalue weighted by Crippen LogP contribution is -2.24. The van der Waals surface area contributed by atoms with Crippen LogP contribution in [0, 0.1) is 0 Å². The van der Waals surface area contributed by atoms with Crippen LogP contribution in [0.15, 0.2) is 18.2 Å². The zero-order valence-electron chi connectivity index (χ0n) is 8.85. The second kappa shape index (κ2) is 3.70. The number of carbonyl (C=O) groups is 1. The second-order valence-electron chi connectivity index (χ2n) is 4.25. The molecule has 0 bridgehead atoms. The smallest absolute Gasteiger partial charge is 0.228 e. The van der Waals surface area contributed by atoms with Gasteiger partial charge in [-0.1, -0.05) is 0 Å². The van der Waals surface area contributed by atoms with E-state index in [-0.39, 0.29) is 11.2 Å². The number of nitrogens with zero attached hydrogens (tertiary/aromatic N) is 1.